The normalized spacial score (nSPS) is 11.6. The van der Waals surface area contributed by atoms with E-state index in [1.165, 1.54) is 0 Å². The van der Waals surface area contributed by atoms with E-state index in [0.717, 1.165) is 5.56 Å². The minimum Gasteiger partial charge on any atom is -0.481 e. The molecule has 1 rings (SSSR count). The zero-order valence-electron chi connectivity index (χ0n) is 10.4. The van der Waals surface area contributed by atoms with Crippen molar-refractivity contribution in [2.24, 2.45) is 0 Å². The molecule has 0 radical (unpaired) electrons. The van der Waals surface area contributed by atoms with Gasteiger partial charge in [-0.2, -0.15) is 0 Å². The predicted octanol–water partition coefficient (Wildman–Crippen LogP) is 1.14. The molecular formula is C13H17NO5. The monoisotopic (exact) mass is 267 g/mol. The second-order valence-electron chi connectivity index (χ2n) is 4.01. The summed E-state index contributed by atoms with van der Waals surface area (Å²) in [5.74, 6) is -1.04. The van der Waals surface area contributed by atoms with E-state index in [2.05, 4.69) is 5.32 Å². The Bertz CT molecular complexity index is 407. The first-order valence-electron chi connectivity index (χ1n) is 5.91. The number of aliphatic hydroxyl groups is 1. The Morgan fingerprint density at radius 2 is 1.95 bits per heavy atom. The minimum absolute atomic E-state index is 0.117. The summed E-state index contributed by atoms with van der Waals surface area (Å²) in [7, 11) is 0. The van der Waals surface area contributed by atoms with Gasteiger partial charge < -0.3 is 20.3 Å². The standard InChI is InChI=1S/C13H17NO5/c15-7-6-11(8-12(16)17)14-13(18)19-9-10-4-2-1-3-5-10/h1-5,11,15H,6-9H2,(H,14,18)(H,16,17)/t11-/m0/s1. The molecule has 0 spiro atoms. The summed E-state index contributed by atoms with van der Waals surface area (Å²) in [6.45, 7) is -0.0809. The topological polar surface area (TPSA) is 95.9 Å². The molecule has 104 valence electrons. The van der Waals surface area contributed by atoms with Crippen molar-refractivity contribution in [3.63, 3.8) is 0 Å². The molecule has 1 atom stereocenters. The molecule has 0 saturated carbocycles. The van der Waals surface area contributed by atoms with Gasteiger partial charge in [-0.15, -0.1) is 0 Å². The van der Waals surface area contributed by atoms with Crippen molar-refractivity contribution < 1.29 is 24.5 Å². The van der Waals surface area contributed by atoms with Crippen molar-refractivity contribution in [3.05, 3.63) is 35.9 Å². The molecule has 0 unspecified atom stereocenters. The van der Waals surface area contributed by atoms with Crippen molar-refractivity contribution >= 4 is 12.1 Å². The zero-order valence-corrected chi connectivity index (χ0v) is 10.4. The van der Waals surface area contributed by atoms with E-state index in [9.17, 15) is 9.59 Å². The lowest BCUT2D eigenvalue weighted by Gasteiger charge is -2.15. The third-order valence-electron chi connectivity index (χ3n) is 2.43. The minimum atomic E-state index is -1.04. The summed E-state index contributed by atoms with van der Waals surface area (Å²) in [5.41, 5.74) is 0.842. The van der Waals surface area contributed by atoms with Crippen molar-refractivity contribution in [2.45, 2.75) is 25.5 Å². The third-order valence-corrected chi connectivity index (χ3v) is 2.43. The lowest BCUT2D eigenvalue weighted by molar-refractivity contribution is -0.137. The van der Waals surface area contributed by atoms with Gasteiger partial charge in [-0.05, 0) is 12.0 Å². The fourth-order valence-corrected chi connectivity index (χ4v) is 1.52. The quantitative estimate of drug-likeness (QED) is 0.688. The van der Waals surface area contributed by atoms with Gasteiger partial charge in [0.2, 0.25) is 0 Å². The van der Waals surface area contributed by atoms with Gasteiger partial charge in [0.1, 0.15) is 6.61 Å². The predicted molar refractivity (Wildman–Crippen MR) is 67.5 cm³/mol. The fraction of sp³-hybridized carbons (Fsp3) is 0.385. The molecule has 6 nitrogen and oxygen atoms in total. The van der Waals surface area contributed by atoms with Crippen molar-refractivity contribution in [2.75, 3.05) is 6.61 Å². The van der Waals surface area contributed by atoms with Crippen LogP contribution in [0, 0.1) is 0 Å². The van der Waals surface area contributed by atoms with Crippen LogP contribution in [0.2, 0.25) is 0 Å². The maximum absolute atomic E-state index is 11.5. The van der Waals surface area contributed by atoms with Crippen LogP contribution in [0.3, 0.4) is 0 Å². The molecule has 1 aromatic rings. The van der Waals surface area contributed by atoms with Gasteiger partial charge in [0.25, 0.3) is 0 Å². The number of nitrogens with one attached hydrogen (secondary N) is 1. The number of benzene rings is 1. The van der Waals surface area contributed by atoms with Crippen LogP contribution in [-0.2, 0) is 16.1 Å². The Labute approximate surface area is 111 Å². The van der Waals surface area contributed by atoms with Gasteiger partial charge >= 0.3 is 12.1 Å². The van der Waals surface area contributed by atoms with E-state index in [-0.39, 0.29) is 26.1 Å². The summed E-state index contributed by atoms with van der Waals surface area (Å²) in [4.78, 5) is 22.0. The van der Waals surface area contributed by atoms with Crippen LogP contribution in [0.15, 0.2) is 30.3 Å². The average Bonchev–Trinajstić information content (AvgIpc) is 2.37. The molecule has 0 heterocycles. The van der Waals surface area contributed by atoms with Crippen LogP contribution in [-0.4, -0.2) is 34.9 Å². The molecule has 1 amide bonds. The molecule has 0 aromatic heterocycles. The summed E-state index contributed by atoms with van der Waals surface area (Å²) in [6.07, 6.45) is -0.767. The summed E-state index contributed by atoms with van der Waals surface area (Å²) in [5, 5.41) is 19.9. The third kappa shape index (κ3) is 6.42. The fourth-order valence-electron chi connectivity index (χ4n) is 1.52. The highest BCUT2D eigenvalue weighted by Gasteiger charge is 2.16. The van der Waals surface area contributed by atoms with Gasteiger partial charge in [0, 0.05) is 12.6 Å². The van der Waals surface area contributed by atoms with Crippen molar-refractivity contribution in [1.82, 2.24) is 5.32 Å². The Hall–Kier alpha value is -2.08. The van der Waals surface area contributed by atoms with Crippen LogP contribution in [0.5, 0.6) is 0 Å². The number of aliphatic hydroxyl groups excluding tert-OH is 1. The number of aliphatic carboxylic acids is 1. The lowest BCUT2D eigenvalue weighted by atomic mass is 10.1. The molecule has 0 bridgehead atoms. The molecule has 3 N–H and O–H groups in total. The second-order valence-corrected chi connectivity index (χ2v) is 4.01. The van der Waals surface area contributed by atoms with E-state index in [4.69, 9.17) is 14.9 Å². The number of carboxylic acids is 1. The average molecular weight is 267 g/mol. The maximum atomic E-state index is 11.5. The Morgan fingerprint density at radius 1 is 1.26 bits per heavy atom. The highest BCUT2D eigenvalue weighted by molar-refractivity contribution is 5.71. The van der Waals surface area contributed by atoms with Crippen LogP contribution in [0.25, 0.3) is 0 Å². The summed E-state index contributed by atoms with van der Waals surface area (Å²) >= 11 is 0. The first-order chi connectivity index (χ1) is 9.11. The molecule has 6 heteroatoms. The molecular weight excluding hydrogens is 250 g/mol. The number of amides is 1. The maximum Gasteiger partial charge on any atom is 0.407 e. The number of rotatable bonds is 7. The van der Waals surface area contributed by atoms with E-state index >= 15 is 0 Å². The summed E-state index contributed by atoms with van der Waals surface area (Å²) < 4.78 is 4.96. The number of carboxylic acid groups (broad SMARTS) is 1. The lowest BCUT2D eigenvalue weighted by Crippen LogP contribution is -2.37. The second kappa shape index (κ2) is 8.10. The van der Waals surface area contributed by atoms with Crippen molar-refractivity contribution in [3.8, 4) is 0 Å². The molecule has 0 aliphatic heterocycles. The Balaban J connectivity index is 2.37. The van der Waals surface area contributed by atoms with E-state index in [1.807, 2.05) is 30.3 Å². The van der Waals surface area contributed by atoms with Gasteiger partial charge in [0.15, 0.2) is 0 Å². The van der Waals surface area contributed by atoms with Crippen LogP contribution >= 0.6 is 0 Å². The van der Waals surface area contributed by atoms with Crippen LogP contribution in [0.4, 0.5) is 4.79 Å². The zero-order chi connectivity index (χ0) is 14.1. The van der Waals surface area contributed by atoms with Crippen LogP contribution in [0.1, 0.15) is 18.4 Å². The van der Waals surface area contributed by atoms with Gasteiger partial charge in [-0.1, -0.05) is 30.3 Å². The first-order valence-corrected chi connectivity index (χ1v) is 5.91. The van der Waals surface area contributed by atoms with Gasteiger partial charge in [-0.3, -0.25) is 4.79 Å². The SMILES string of the molecule is O=C(O)C[C@H](CCO)NC(=O)OCc1ccccc1. The van der Waals surface area contributed by atoms with E-state index in [0.29, 0.717) is 0 Å². The number of ether oxygens (including phenoxy) is 1. The Kier molecular flexibility index (Phi) is 6.38. The summed E-state index contributed by atoms with van der Waals surface area (Å²) in [6, 6.07) is 8.51. The number of hydrogen-bond acceptors (Lipinski definition) is 4. The largest absolute Gasteiger partial charge is 0.481 e. The first kappa shape index (κ1) is 15.0. The Morgan fingerprint density at radius 3 is 2.53 bits per heavy atom. The van der Waals surface area contributed by atoms with Gasteiger partial charge in [0.05, 0.1) is 6.42 Å². The molecule has 0 aliphatic carbocycles. The van der Waals surface area contributed by atoms with E-state index in [1.54, 1.807) is 0 Å². The highest BCUT2D eigenvalue weighted by atomic mass is 16.5. The number of carbonyl (C=O) groups excluding carboxylic acids is 1. The molecule has 0 fully saturated rings. The molecule has 0 aliphatic rings. The highest BCUT2D eigenvalue weighted by Crippen LogP contribution is 2.02. The smallest absolute Gasteiger partial charge is 0.407 e. The molecule has 19 heavy (non-hydrogen) atoms. The molecule has 1 aromatic carbocycles. The number of alkyl carbamates (subject to hydrolysis) is 1. The molecule has 0 saturated heterocycles. The number of carbonyl (C=O) groups is 2. The van der Waals surface area contributed by atoms with E-state index < -0.39 is 18.1 Å². The number of hydrogen-bond donors (Lipinski definition) is 3. The van der Waals surface area contributed by atoms with Crippen LogP contribution < -0.4 is 5.32 Å². The van der Waals surface area contributed by atoms with Gasteiger partial charge in [-0.25, -0.2) is 4.79 Å². The van der Waals surface area contributed by atoms with Crippen molar-refractivity contribution in [1.29, 1.82) is 0 Å².